The highest BCUT2D eigenvalue weighted by Gasteiger charge is 2.03. The maximum absolute atomic E-state index is 5.78. The number of rotatable bonds is 5. The lowest BCUT2D eigenvalue weighted by atomic mass is 10.2. The lowest BCUT2D eigenvalue weighted by Gasteiger charge is -2.10. The number of ether oxygens (including phenoxy) is 1. The summed E-state index contributed by atoms with van der Waals surface area (Å²) in [7, 11) is 0. The van der Waals surface area contributed by atoms with E-state index in [0.717, 1.165) is 17.0 Å². The minimum atomic E-state index is 0.374. The van der Waals surface area contributed by atoms with Gasteiger partial charge in [-0.2, -0.15) is 5.10 Å². The van der Waals surface area contributed by atoms with Crippen LogP contribution in [0.5, 0.6) is 5.75 Å². The van der Waals surface area contributed by atoms with Crippen LogP contribution in [-0.4, -0.2) is 22.5 Å². The van der Waals surface area contributed by atoms with E-state index in [1.165, 1.54) is 0 Å². The predicted molar refractivity (Wildman–Crippen MR) is 81.1 cm³/mol. The van der Waals surface area contributed by atoms with E-state index in [-0.39, 0.29) is 0 Å². The normalized spacial score (nSPS) is 11.4. The molecule has 0 radical (unpaired) electrons. The number of nitrogen functional groups attached to an aromatic ring is 1. The van der Waals surface area contributed by atoms with Crippen LogP contribution in [0.1, 0.15) is 25.1 Å². The van der Waals surface area contributed by atoms with Gasteiger partial charge in [0.05, 0.1) is 24.7 Å². The first-order valence-corrected chi connectivity index (χ1v) is 6.64. The molecular weight excluding hydrogens is 252 g/mol. The molecule has 0 spiro atoms. The second kappa shape index (κ2) is 6.23. The molecule has 5 heteroatoms. The fraction of sp³-hybridized carbons (Fsp3) is 0.333. The maximum Gasteiger partial charge on any atom is 0.221 e. The largest absolute Gasteiger partial charge is 0.493 e. The molecule has 0 saturated carbocycles. The summed E-state index contributed by atoms with van der Waals surface area (Å²) in [5, 5.41) is 4.31. The third-order valence-electron chi connectivity index (χ3n) is 2.65. The number of aromatic nitrogens is 2. The SMILES string of the molecule is Cc1cn(N=Cc2ccccc2OCC(C)C)c(N)n1. The van der Waals surface area contributed by atoms with E-state index in [1.54, 1.807) is 17.1 Å². The minimum Gasteiger partial charge on any atom is -0.493 e. The van der Waals surface area contributed by atoms with Gasteiger partial charge in [-0.25, -0.2) is 9.66 Å². The Labute approximate surface area is 119 Å². The number of para-hydroxylation sites is 1. The highest BCUT2D eigenvalue weighted by atomic mass is 16.5. The van der Waals surface area contributed by atoms with Gasteiger partial charge in [-0.15, -0.1) is 0 Å². The molecule has 0 bridgehead atoms. The number of hydrogen-bond acceptors (Lipinski definition) is 4. The minimum absolute atomic E-state index is 0.374. The predicted octanol–water partition coefficient (Wildman–Crippen LogP) is 2.69. The molecule has 0 aliphatic carbocycles. The molecule has 0 aliphatic rings. The monoisotopic (exact) mass is 272 g/mol. The number of aryl methyl sites for hydroxylation is 1. The van der Waals surface area contributed by atoms with Crippen molar-refractivity contribution in [1.29, 1.82) is 0 Å². The third kappa shape index (κ3) is 3.60. The Morgan fingerprint density at radius 2 is 2.15 bits per heavy atom. The topological polar surface area (TPSA) is 65.4 Å². The van der Waals surface area contributed by atoms with Crippen LogP contribution in [0, 0.1) is 12.8 Å². The number of hydrogen-bond donors (Lipinski definition) is 1. The third-order valence-corrected chi connectivity index (χ3v) is 2.65. The molecule has 0 fully saturated rings. The average Bonchev–Trinajstić information content (AvgIpc) is 2.73. The highest BCUT2D eigenvalue weighted by Crippen LogP contribution is 2.17. The zero-order chi connectivity index (χ0) is 14.5. The molecule has 0 atom stereocenters. The first-order chi connectivity index (χ1) is 9.56. The quantitative estimate of drug-likeness (QED) is 0.851. The van der Waals surface area contributed by atoms with Gasteiger partial charge in [0.25, 0.3) is 0 Å². The number of imidazole rings is 1. The molecule has 1 heterocycles. The van der Waals surface area contributed by atoms with Crippen LogP contribution in [0.25, 0.3) is 0 Å². The fourth-order valence-corrected chi connectivity index (χ4v) is 1.70. The van der Waals surface area contributed by atoms with Crippen LogP contribution < -0.4 is 10.5 Å². The lowest BCUT2D eigenvalue weighted by molar-refractivity contribution is 0.270. The summed E-state index contributed by atoms with van der Waals surface area (Å²) in [4.78, 5) is 4.10. The molecule has 20 heavy (non-hydrogen) atoms. The summed E-state index contributed by atoms with van der Waals surface area (Å²) in [6, 6.07) is 7.79. The van der Waals surface area contributed by atoms with E-state index in [1.807, 2.05) is 31.2 Å². The van der Waals surface area contributed by atoms with Crippen LogP contribution in [-0.2, 0) is 0 Å². The summed E-state index contributed by atoms with van der Waals surface area (Å²) in [6.45, 7) is 6.79. The van der Waals surface area contributed by atoms with E-state index < -0.39 is 0 Å². The first kappa shape index (κ1) is 14.1. The second-order valence-corrected chi connectivity index (χ2v) is 5.07. The number of anilines is 1. The van der Waals surface area contributed by atoms with Crippen molar-refractivity contribution in [2.75, 3.05) is 12.3 Å². The zero-order valence-corrected chi connectivity index (χ0v) is 12.1. The smallest absolute Gasteiger partial charge is 0.221 e. The van der Waals surface area contributed by atoms with Crippen LogP contribution in [0.2, 0.25) is 0 Å². The van der Waals surface area contributed by atoms with Gasteiger partial charge in [0.2, 0.25) is 5.95 Å². The van der Waals surface area contributed by atoms with E-state index >= 15 is 0 Å². The maximum atomic E-state index is 5.78. The fourth-order valence-electron chi connectivity index (χ4n) is 1.70. The van der Waals surface area contributed by atoms with Crippen LogP contribution in [0.15, 0.2) is 35.6 Å². The van der Waals surface area contributed by atoms with Crippen molar-refractivity contribution < 1.29 is 4.74 Å². The van der Waals surface area contributed by atoms with E-state index in [2.05, 4.69) is 23.9 Å². The summed E-state index contributed by atoms with van der Waals surface area (Å²) in [6.07, 6.45) is 3.51. The van der Waals surface area contributed by atoms with Gasteiger partial charge in [0.1, 0.15) is 5.75 Å². The van der Waals surface area contributed by atoms with Gasteiger partial charge in [0.15, 0.2) is 0 Å². The Kier molecular flexibility index (Phi) is 4.40. The van der Waals surface area contributed by atoms with Crippen LogP contribution >= 0.6 is 0 Å². The van der Waals surface area contributed by atoms with Crippen LogP contribution in [0.3, 0.4) is 0 Å². The number of benzene rings is 1. The van der Waals surface area contributed by atoms with E-state index in [4.69, 9.17) is 10.5 Å². The summed E-state index contributed by atoms with van der Waals surface area (Å²) in [5.74, 6) is 1.67. The molecule has 0 unspecified atom stereocenters. The highest BCUT2D eigenvalue weighted by molar-refractivity contribution is 5.83. The lowest BCUT2D eigenvalue weighted by Crippen LogP contribution is -2.06. The molecule has 1 aromatic heterocycles. The zero-order valence-electron chi connectivity index (χ0n) is 12.1. The molecule has 2 rings (SSSR count). The van der Waals surface area contributed by atoms with E-state index in [0.29, 0.717) is 18.5 Å². The summed E-state index contributed by atoms with van der Waals surface area (Å²) < 4.78 is 7.33. The molecule has 1 aromatic carbocycles. The van der Waals surface area contributed by atoms with Crippen molar-refractivity contribution in [2.24, 2.45) is 11.0 Å². The van der Waals surface area contributed by atoms with Gasteiger partial charge < -0.3 is 10.5 Å². The number of nitrogens with zero attached hydrogens (tertiary/aromatic N) is 3. The summed E-state index contributed by atoms with van der Waals surface area (Å²) >= 11 is 0. The Morgan fingerprint density at radius 3 is 2.80 bits per heavy atom. The molecule has 106 valence electrons. The van der Waals surface area contributed by atoms with Gasteiger partial charge in [-0.05, 0) is 25.0 Å². The second-order valence-electron chi connectivity index (χ2n) is 5.07. The van der Waals surface area contributed by atoms with Crippen molar-refractivity contribution >= 4 is 12.2 Å². The van der Waals surface area contributed by atoms with Crippen molar-refractivity contribution in [3.05, 3.63) is 41.7 Å². The molecule has 0 aliphatic heterocycles. The molecule has 2 aromatic rings. The molecule has 5 nitrogen and oxygen atoms in total. The van der Waals surface area contributed by atoms with E-state index in [9.17, 15) is 0 Å². The summed E-state index contributed by atoms with van der Waals surface area (Å²) in [5.41, 5.74) is 7.50. The number of nitrogens with two attached hydrogens (primary N) is 1. The van der Waals surface area contributed by atoms with Crippen LogP contribution in [0.4, 0.5) is 5.95 Å². The molecule has 0 saturated heterocycles. The molecular formula is C15H20N4O. The van der Waals surface area contributed by atoms with Gasteiger partial charge in [-0.1, -0.05) is 26.0 Å². The Balaban J connectivity index is 2.18. The molecule has 0 amide bonds. The van der Waals surface area contributed by atoms with Crippen molar-refractivity contribution in [1.82, 2.24) is 9.66 Å². The Morgan fingerprint density at radius 1 is 1.40 bits per heavy atom. The standard InChI is InChI=1S/C15H20N4O/c1-11(2)10-20-14-7-5-4-6-13(14)8-17-19-9-12(3)18-15(19)16/h4-9,11H,10H2,1-3H3,(H2,16,18). The van der Waals surface area contributed by atoms with Gasteiger partial charge in [-0.3, -0.25) is 0 Å². The van der Waals surface area contributed by atoms with Crippen molar-refractivity contribution in [2.45, 2.75) is 20.8 Å². The van der Waals surface area contributed by atoms with Gasteiger partial charge in [0, 0.05) is 5.56 Å². The first-order valence-electron chi connectivity index (χ1n) is 6.64. The Bertz CT molecular complexity index is 602. The Hall–Kier alpha value is -2.30. The van der Waals surface area contributed by atoms with Crippen molar-refractivity contribution in [3.63, 3.8) is 0 Å². The van der Waals surface area contributed by atoms with Gasteiger partial charge >= 0.3 is 0 Å². The molecule has 2 N–H and O–H groups in total. The average molecular weight is 272 g/mol. The van der Waals surface area contributed by atoms with Crippen molar-refractivity contribution in [3.8, 4) is 5.75 Å².